The Morgan fingerprint density at radius 2 is 1.72 bits per heavy atom. The number of hydrogen-bond donors (Lipinski definition) is 0. The zero-order valence-corrected chi connectivity index (χ0v) is 13.6. The number of piperazine rings is 1. The number of hydrogen-bond acceptors (Lipinski definition) is 6. The maximum Gasteiger partial charge on any atom is 0.316 e. The molecule has 1 saturated heterocycles. The second kappa shape index (κ2) is 6.72. The van der Waals surface area contributed by atoms with Gasteiger partial charge in [-0.1, -0.05) is 29.4 Å². The first-order valence-corrected chi connectivity index (χ1v) is 8.15. The minimum Gasteiger partial charge on any atom is -0.368 e. The van der Waals surface area contributed by atoms with E-state index in [4.69, 9.17) is 4.52 Å². The Balaban J connectivity index is 1.42. The number of benzene rings is 1. The molecule has 25 heavy (non-hydrogen) atoms. The van der Waals surface area contributed by atoms with Crippen molar-refractivity contribution in [3.05, 3.63) is 60.6 Å². The molecule has 0 radical (unpaired) electrons. The maximum atomic E-state index is 12.6. The summed E-state index contributed by atoms with van der Waals surface area (Å²) >= 11 is 0. The van der Waals surface area contributed by atoms with Gasteiger partial charge in [0.15, 0.2) is 0 Å². The number of anilines is 1. The smallest absolute Gasteiger partial charge is 0.316 e. The fourth-order valence-electron chi connectivity index (χ4n) is 2.85. The summed E-state index contributed by atoms with van der Waals surface area (Å²) in [4.78, 5) is 24.9. The minimum absolute atomic E-state index is 0.00816. The molecule has 0 atom stereocenters. The van der Waals surface area contributed by atoms with Crippen LogP contribution in [-0.4, -0.2) is 52.1 Å². The minimum atomic E-state index is -0.234. The Morgan fingerprint density at radius 1 is 0.960 bits per heavy atom. The van der Waals surface area contributed by atoms with Gasteiger partial charge in [-0.3, -0.25) is 9.78 Å². The molecule has 2 aromatic heterocycles. The van der Waals surface area contributed by atoms with Crippen molar-refractivity contribution >= 4 is 11.6 Å². The third kappa shape index (κ3) is 3.21. The van der Waals surface area contributed by atoms with Crippen molar-refractivity contribution in [1.82, 2.24) is 20.0 Å². The predicted octanol–water partition coefficient (Wildman–Crippen LogP) is 2.09. The molecule has 3 heterocycles. The van der Waals surface area contributed by atoms with E-state index >= 15 is 0 Å². The lowest BCUT2D eigenvalue weighted by atomic mass is 10.2. The molecule has 7 heteroatoms. The van der Waals surface area contributed by atoms with Gasteiger partial charge in [-0.25, -0.2) is 0 Å². The van der Waals surface area contributed by atoms with Crippen molar-refractivity contribution < 1.29 is 9.32 Å². The van der Waals surface area contributed by atoms with Gasteiger partial charge in [0.25, 0.3) is 0 Å². The van der Waals surface area contributed by atoms with Crippen LogP contribution < -0.4 is 4.90 Å². The van der Waals surface area contributed by atoms with Gasteiger partial charge in [-0.2, -0.15) is 4.98 Å². The number of nitrogens with zero attached hydrogens (tertiary/aromatic N) is 5. The number of amides is 1. The van der Waals surface area contributed by atoms with Crippen molar-refractivity contribution in [2.75, 3.05) is 31.1 Å². The first-order valence-electron chi connectivity index (χ1n) is 8.15. The normalized spacial score (nSPS) is 14.6. The largest absolute Gasteiger partial charge is 0.368 e. The van der Waals surface area contributed by atoms with Crippen molar-refractivity contribution in [3.8, 4) is 11.5 Å². The Kier molecular flexibility index (Phi) is 4.12. The summed E-state index contributed by atoms with van der Waals surface area (Å²) in [6.07, 6.45) is 1.65. The molecular formula is C18H17N5O2. The molecule has 0 unspecified atom stereocenters. The molecule has 126 valence electrons. The van der Waals surface area contributed by atoms with E-state index in [9.17, 15) is 4.79 Å². The molecular weight excluding hydrogens is 318 g/mol. The van der Waals surface area contributed by atoms with Gasteiger partial charge in [0.1, 0.15) is 5.69 Å². The predicted molar refractivity (Wildman–Crippen MR) is 92.1 cm³/mol. The summed E-state index contributed by atoms with van der Waals surface area (Å²) < 4.78 is 5.14. The van der Waals surface area contributed by atoms with Crippen LogP contribution >= 0.6 is 0 Å². The number of carbonyl (C=O) groups is 1. The third-order valence-corrected chi connectivity index (χ3v) is 4.19. The van der Waals surface area contributed by atoms with Crippen LogP contribution in [0.5, 0.6) is 0 Å². The number of aromatic nitrogens is 3. The third-order valence-electron chi connectivity index (χ3n) is 4.19. The summed E-state index contributed by atoms with van der Waals surface area (Å²) in [7, 11) is 0. The lowest BCUT2D eigenvalue weighted by Crippen LogP contribution is -2.48. The summed E-state index contributed by atoms with van der Waals surface area (Å²) in [6, 6.07) is 15.6. The van der Waals surface area contributed by atoms with Crippen LogP contribution in [0.25, 0.3) is 11.5 Å². The fourth-order valence-corrected chi connectivity index (χ4v) is 2.85. The average molecular weight is 335 g/mol. The van der Waals surface area contributed by atoms with E-state index in [0.29, 0.717) is 24.6 Å². The molecule has 3 aromatic rings. The second-order valence-corrected chi connectivity index (χ2v) is 5.75. The van der Waals surface area contributed by atoms with Crippen LogP contribution in [0.2, 0.25) is 0 Å². The highest BCUT2D eigenvalue weighted by atomic mass is 16.5. The van der Waals surface area contributed by atoms with Crippen molar-refractivity contribution in [2.45, 2.75) is 0 Å². The standard InChI is InChI=1S/C18H17N5O2/c24-18(17-20-16(21-25-17)15-8-4-5-9-19-15)23-12-10-22(11-13-23)14-6-2-1-3-7-14/h1-9H,10-13H2. The molecule has 1 amide bonds. The van der Waals surface area contributed by atoms with E-state index in [1.54, 1.807) is 17.2 Å². The number of rotatable bonds is 3. The fraction of sp³-hybridized carbons (Fsp3) is 0.222. The molecule has 0 N–H and O–H groups in total. The molecule has 1 aromatic carbocycles. The van der Waals surface area contributed by atoms with Gasteiger partial charge < -0.3 is 14.3 Å². The number of para-hydroxylation sites is 1. The van der Waals surface area contributed by atoms with Crippen LogP contribution in [0.4, 0.5) is 5.69 Å². The van der Waals surface area contributed by atoms with E-state index in [1.165, 1.54) is 5.69 Å². The summed E-state index contributed by atoms with van der Waals surface area (Å²) in [5, 5.41) is 3.86. The molecule has 0 bridgehead atoms. The highest BCUT2D eigenvalue weighted by molar-refractivity contribution is 5.90. The summed E-state index contributed by atoms with van der Waals surface area (Å²) in [5.74, 6) is 0.100. The zero-order chi connectivity index (χ0) is 17.1. The Bertz CT molecular complexity index is 842. The SMILES string of the molecule is O=C(c1nc(-c2ccccn2)no1)N1CCN(c2ccccc2)CC1. The van der Waals surface area contributed by atoms with E-state index in [2.05, 4.69) is 32.2 Å². The van der Waals surface area contributed by atoms with E-state index in [1.807, 2.05) is 30.3 Å². The molecule has 7 nitrogen and oxygen atoms in total. The van der Waals surface area contributed by atoms with Crippen LogP contribution in [0.1, 0.15) is 10.7 Å². The van der Waals surface area contributed by atoms with Crippen LogP contribution in [0, 0.1) is 0 Å². The quantitative estimate of drug-likeness (QED) is 0.729. The molecule has 0 spiro atoms. The Labute approximate surface area is 144 Å². The number of pyridine rings is 1. The Hall–Kier alpha value is -3.22. The molecule has 1 aliphatic heterocycles. The second-order valence-electron chi connectivity index (χ2n) is 5.75. The topological polar surface area (TPSA) is 75.4 Å². The van der Waals surface area contributed by atoms with Gasteiger partial charge >= 0.3 is 11.8 Å². The van der Waals surface area contributed by atoms with Crippen LogP contribution in [0.3, 0.4) is 0 Å². The van der Waals surface area contributed by atoms with Gasteiger partial charge in [0, 0.05) is 38.1 Å². The van der Waals surface area contributed by atoms with Crippen LogP contribution in [-0.2, 0) is 0 Å². The van der Waals surface area contributed by atoms with Crippen molar-refractivity contribution in [1.29, 1.82) is 0 Å². The molecule has 4 rings (SSSR count). The van der Waals surface area contributed by atoms with Gasteiger partial charge in [-0.05, 0) is 24.3 Å². The summed E-state index contributed by atoms with van der Waals surface area (Å²) in [5.41, 5.74) is 1.75. The molecule has 1 aliphatic rings. The van der Waals surface area contributed by atoms with Crippen molar-refractivity contribution in [2.24, 2.45) is 0 Å². The zero-order valence-electron chi connectivity index (χ0n) is 13.6. The number of carbonyl (C=O) groups excluding carboxylic acids is 1. The highest BCUT2D eigenvalue weighted by Gasteiger charge is 2.26. The van der Waals surface area contributed by atoms with E-state index in [-0.39, 0.29) is 11.8 Å². The van der Waals surface area contributed by atoms with Gasteiger partial charge in [0.2, 0.25) is 5.82 Å². The van der Waals surface area contributed by atoms with Gasteiger partial charge in [0.05, 0.1) is 0 Å². The lowest BCUT2D eigenvalue weighted by Gasteiger charge is -2.35. The maximum absolute atomic E-state index is 12.6. The Morgan fingerprint density at radius 3 is 2.44 bits per heavy atom. The summed E-state index contributed by atoms with van der Waals surface area (Å²) in [6.45, 7) is 2.79. The van der Waals surface area contributed by atoms with Crippen molar-refractivity contribution in [3.63, 3.8) is 0 Å². The highest BCUT2D eigenvalue weighted by Crippen LogP contribution is 2.17. The first kappa shape index (κ1) is 15.3. The molecule has 0 aliphatic carbocycles. The average Bonchev–Trinajstić information content (AvgIpc) is 3.19. The van der Waals surface area contributed by atoms with Crippen LogP contribution in [0.15, 0.2) is 59.3 Å². The lowest BCUT2D eigenvalue weighted by molar-refractivity contribution is 0.0696. The van der Waals surface area contributed by atoms with E-state index in [0.717, 1.165) is 13.1 Å². The monoisotopic (exact) mass is 335 g/mol. The van der Waals surface area contributed by atoms with E-state index < -0.39 is 0 Å². The van der Waals surface area contributed by atoms with Gasteiger partial charge in [-0.15, -0.1) is 0 Å². The molecule has 0 saturated carbocycles. The molecule has 1 fully saturated rings. The first-order chi connectivity index (χ1) is 12.3.